The van der Waals surface area contributed by atoms with Crippen LogP contribution >= 0.6 is 0 Å². The van der Waals surface area contributed by atoms with Gasteiger partial charge in [0.2, 0.25) is 0 Å². The molecule has 0 amide bonds. The van der Waals surface area contributed by atoms with Gasteiger partial charge in [0.05, 0.1) is 11.9 Å². The Morgan fingerprint density at radius 2 is 1.89 bits per heavy atom. The molecular weight excluding hydrogens is 224 g/mol. The molecular formula is C14H16N4. The minimum absolute atomic E-state index is 0.00990. The summed E-state index contributed by atoms with van der Waals surface area (Å²) in [5, 5.41) is 7.32. The Morgan fingerprint density at radius 1 is 1.17 bits per heavy atom. The van der Waals surface area contributed by atoms with Crippen molar-refractivity contribution in [3.05, 3.63) is 54.4 Å². The number of benzene rings is 1. The van der Waals surface area contributed by atoms with Crippen molar-refractivity contribution < 1.29 is 0 Å². The maximum absolute atomic E-state index is 7.32. The predicted octanol–water partition coefficient (Wildman–Crippen LogP) is 2.52. The second-order valence-corrected chi connectivity index (χ2v) is 3.90. The van der Waals surface area contributed by atoms with E-state index in [9.17, 15) is 0 Å². The molecule has 0 fully saturated rings. The van der Waals surface area contributed by atoms with Gasteiger partial charge < -0.3 is 10.6 Å². The van der Waals surface area contributed by atoms with Crippen LogP contribution in [0.15, 0.2) is 48.7 Å². The van der Waals surface area contributed by atoms with E-state index in [-0.39, 0.29) is 5.84 Å². The molecule has 2 rings (SSSR count). The highest BCUT2D eigenvalue weighted by molar-refractivity contribution is 5.93. The molecule has 0 radical (unpaired) electrons. The molecule has 4 heteroatoms. The number of rotatable bonds is 4. The van der Waals surface area contributed by atoms with Gasteiger partial charge in [0.25, 0.3) is 0 Å². The van der Waals surface area contributed by atoms with E-state index in [4.69, 9.17) is 11.1 Å². The second kappa shape index (κ2) is 5.31. The Labute approximate surface area is 107 Å². The number of nitrogens with two attached hydrogens (primary N) is 1. The van der Waals surface area contributed by atoms with Crippen LogP contribution in [0.4, 0.5) is 11.4 Å². The number of aromatic nitrogens is 1. The first-order valence-electron chi connectivity index (χ1n) is 5.85. The van der Waals surface area contributed by atoms with Crippen LogP contribution in [-0.4, -0.2) is 17.4 Å². The molecule has 1 aromatic carbocycles. The van der Waals surface area contributed by atoms with Gasteiger partial charge in [-0.3, -0.25) is 10.4 Å². The topological polar surface area (TPSA) is 66.0 Å². The number of nitrogen functional groups attached to an aromatic ring is 1. The Bertz CT molecular complexity index is 519. The summed E-state index contributed by atoms with van der Waals surface area (Å²) in [7, 11) is 0. The van der Waals surface area contributed by atoms with Gasteiger partial charge in [-0.05, 0) is 31.2 Å². The Balaban J connectivity index is 2.31. The minimum atomic E-state index is -0.00990. The summed E-state index contributed by atoms with van der Waals surface area (Å²) < 4.78 is 0. The van der Waals surface area contributed by atoms with Gasteiger partial charge >= 0.3 is 0 Å². The van der Waals surface area contributed by atoms with Crippen LogP contribution < -0.4 is 10.6 Å². The van der Waals surface area contributed by atoms with E-state index in [0.29, 0.717) is 5.69 Å². The highest BCUT2D eigenvalue weighted by atomic mass is 15.1. The molecule has 0 saturated carbocycles. The van der Waals surface area contributed by atoms with E-state index in [2.05, 4.69) is 28.9 Å². The van der Waals surface area contributed by atoms with Gasteiger partial charge in [-0.2, -0.15) is 0 Å². The molecule has 0 bridgehead atoms. The molecule has 0 aliphatic rings. The van der Waals surface area contributed by atoms with Crippen molar-refractivity contribution in [2.24, 2.45) is 5.73 Å². The molecule has 92 valence electrons. The zero-order chi connectivity index (χ0) is 13.0. The SMILES string of the molecule is CCN(c1ccccc1)c1ccc(C(=N)N)nc1. The molecule has 1 aromatic heterocycles. The number of hydrogen-bond donors (Lipinski definition) is 2. The molecule has 18 heavy (non-hydrogen) atoms. The number of pyridine rings is 1. The van der Waals surface area contributed by atoms with Crippen molar-refractivity contribution in [1.82, 2.24) is 4.98 Å². The van der Waals surface area contributed by atoms with Crippen LogP contribution in [0, 0.1) is 5.41 Å². The molecule has 0 aliphatic heterocycles. The average Bonchev–Trinajstić information content (AvgIpc) is 2.41. The van der Waals surface area contributed by atoms with Gasteiger partial charge in [-0.1, -0.05) is 18.2 Å². The summed E-state index contributed by atoms with van der Waals surface area (Å²) in [4.78, 5) is 6.33. The summed E-state index contributed by atoms with van der Waals surface area (Å²) in [6.45, 7) is 2.94. The smallest absolute Gasteiger partial charge is 0.141 e. The summed E-state index contributed by atoms with van der Waals surface area (Å²) in [6.07, 6.45) is 1.74. The third kappa shape index (κ3) is 2.48. The second-order valence-electron chi connectivity index (χ2n) is 3.90. The van der Waals surface area contributed by atoms with E-state index in [1.165, 1.54) is 0 Å². The molecule has 0 unspecified atom stereocenters. The van der Waals surface area contributed by atoms with Gasteiger partial charge in [0.15, 0.2) is 0 Å². The third-order valence-electron chi connectivity index (χ3n) is 2.72. The highest BCUT2D eigenvalue weighted by Crippen LogP contribution is 2.23. The maximum atomic E-state index is 7.32. The Morgan fingerprint density at radius 3 is 2.39 bits per heavy atom. The van der Waals surface area contributed by atoms with E-state index >= 15 is 0 Å². The predicted molar refractivity (Wildman–Crippen MR) is 74.4 cm³/mol. The van der Waals surface area contributed by atoms with E-state index in [0.717, 1.165) is 17.9 Å². The van der Waals surface area contributed by atoms with Crippen molar-refractivity contribution in [3.63, 3.8) is 0 Å². The van der Waals surface area contributed by atoms with E-state index in [1.807, 2.05) is 24.3 Å². The molecule has 0 spiro atoms. The zero-order valence-corrected chi connectivity index (χ0v) is 10.3. The van der Waals surface area contributed by atoms with Crippen molar-refractivity contribution in [2.45, 2.75) is 6.92 Å². The fourth-order valence-electron chi connectivity index (χ4n) is 1.83. The molecule has 3 N–H and O–H groups in total. The van der Waals surface area contributed by atoms with Crippen LogP contribution in [-0.2, 0) is 0 Å². The van der Waals surface area contributed by atoms with Crippen LogP contribution in [0.1, 0.15) is 12.6 Å². The lowest BCUT2D eigenvalue weighted by Gasteiger charge is -2.22. The molecule has 4 nitrogen and oxygen atoms in total. The number of para-hydroxylation sites is 1. The highest BCUT2D eigenvalue weighted by Gasteiger charge is 2.07. The lowest BCUT2D eigenvalue weighted by atomic mass is 10.2. The van der Waals surface area contributed by atoms with Crippen LogP contribution in [0.2, 0.25) is 0 Å². The first-order valence-corrected chi connectivity index (χ1v) is 5.85. The largest absolute Gasteiger partial charge is 0.382 e. The average molecular weight is 240 g/mol. The number of amidine groups is 1. The van der Waals surface area contributed by atoms with Gasteiger partial charge in [0.1, 0.15) is 11.5 Å². The summed E-state index contributed by atoms with van der Waals surface area (Å²) in [6, 6.07) is 13.8. The van der Waals surface area contributed by atoms with Crippen LogP contribution in [0.3, 0.4) is 0 Å². The lowest BCUT2D eigenvalue weighted by Crippen LogP contribution is -2.17. The molecule has 1 heterocycles. The molecule has 2 aromatic rings. The lowest BCUT2D eigenvalue weighted by molar-refractivity contribution is 1.01. The van der Waals surface area contributed by atoms with Crippen molar-refractivity contribution >= 4 is 17.2 Å². The maximum Gasteiger partial charge on any atom is 0.141 e. The van der Waals surface area contributed by atoms with Crippen molar-refractivity contribution in [2.75, 3.05) is 11.4 Å². The quantitative estimate of drug-likeness (QED) is 0.637. The molecule has 0 aliphatic carbocycles. The summed E-state index contributed by atoms with van der Waals surface area (Å²) in [5.41, 5.74) is 8.01. The summed E-state index contributed by atoms with van der Waals surface area (Å²) in [5.74, 6) is -0.00990. The minimum Gasteiger partial charge on any atom is -0.382 e. The van der Waals surface area contributed by atoms with Crippen molar-refractivity contribution in [3.8, 4) is 0 Å². The number of hydrogen-bond acceptors (Lipinski definition) is 3. The fraction of sp³-hybridized carbons (Fsp3) is 0.143. The van der Waals surface area contributed by atoms with Crippen LogP contribution in [0.5, 0.6) is 0 Å². The number of nitrogens with zero attached hydrogens (tertiary/aromatic N) is 2. The number of anilines is 2. The normalized spacial score (nSPS) is 10.1. The monoisotopic (exact) mass is 240 g/mol. The number of nitrogens with one attached hydrogen (secondary N) is 1. The van der Waals surface area contributed by atoms with Gasteiger partial charge in [-0.15, -0.1) is 0 Å². The molecule has 0 saturated heterocycles. The Kier molecular flexibility index (Phi) is 3.57. The third-order valence-corrected chi connectivity index (χ3v) is 2.72. The Hall–Kier alpha value is -2.36. The zero-order valence-electron chi connectivity index (χ0n) is 10.3. The molecule has 0 atom stereocenters. The van der Waals surface area contributed by atoms with Gasteiger partial charge in [-0.25, -0.2) is 0 Å². The first kappa shape index (κ1) is 12.1. The first-order chi connectivity index (χ1) is 8.72. The van der Waals surface area contributed by atoms with Crippen molar-refractivity contribution in [1.29, 1.82) is 5.41 Å². The fourth-order valence-corrected chi connectivity index (χ4v) is 1.83. The van der Waals surface area contributed by atoms with E-state index in [1.54, 1.807) is 12.3 Å². The van der Waals surface area contributed by atoms with Crippen LogP contribution in [0.25, 0.3) is 0 Å². The van der Waals surface area contributed by atoms with Gasteiger partial charge in [0, 0.05) is 12.2 Å². The van der Waals surface area contributed by atoms with E-state index < -0.39 is 0 Å². The summed E-state index contributed by atoms with van der Waals surface area (Å²) >= 11 is 0. The standard InChI is InChI=1S/C14H16N4/c1-2-18(11-6-4-3-5-7-11)12-8-9-13(14(15)16)17-10-12/h3-10H,2H2,1H3,(H3,15,16).